The summed E-state index contributed by atoms with van der Waals surface area (Å²) in [5.41, 5.74) is 6.44. The van der Waals surface area contributed by atoms with E-state index in [9.17, 15) is 0 Å². The molecule has 1 aliphatic rings. The lowest BCUT2D eigenvalue weighted by atomic mass is 10.0. The number of rotatable bonds is 5. The summed E-state index contributed by atoms with van der Waals surface area (Å²) in [6.07, 6.45) is 0. The van der Waals surface area contributed by atoms with Crippen LogP contribution in [0, 0.1) is 0 Å². The third-order valence-electron chi connectivity index (χ3n) is 2.98. The van der Waals surface area contributed by atoms with Gasteiger partial charge in [0.05, 0.1) is 12.5 Å². The standard InChI is InChI=1S/C13H15N3O3/c14-5-6-17-8-12-15-13(16-19-12)10-7-18-11-4-2-1-3-9(10)11/h1-4,10H,5-8,14H2. The maximum absolute atomic E-state index is 5.60. The van der Waals surface area contributed by atoms with E-state index < -0.39 is 0 Å². The fraction of sp³-hybridized carbons (Fsp3) is 0.385. The van der Waals surface area contributed by atoms with Crippen LogP contribution in [0.4, 0.5) is 0 Å². The van der Waals surface area contributed by atoms with Gasteiger partial charge in [-0.1, -0.05) is 23.4 Å². The number of aromatic nitrogens is 2. The number of ether oxygens (including phenoxy) is 2. The van der Waals surface area contributed by atoms with Gasteiger partial charge in [-0.2, -0.15) is 4.98 Å². The van der Waals surface area contributed by atoms with Crippen LogP contribution in [0.15, 0.2) is 28.8 Å². The summed E-state index contributed by atoms with van der Waals surface area (Å²) in [6.45, 7) is 1.79. The number of nitrogens with zero attached hydrogens (tertiary/aromatic N) is 2. The fourth-order valence-corrected chi connectivity index (χ4v) is 2.09. The topological polar surface area (TPSA) is 83.4 Å². The van der Waals surface area contributed by atoms with Crippen molar-refractivity contribution >= 4 is 0 Å². The van der Waals surface area contributed by atoms with Crippen molar-refractivity contribution in [2.24, 2.45) is 5.73 Å². The zero-order valence-electron chi connectivity index (χ0n) is 10.4. The molecule has 0 saturated heterocycles. The molecule has 1 aliphatic heterocycles. The molecule has 0 fully saturated rings. The van der Waals surface area contributed by atoms with Crippen LogP contribution in [0.3, 0.4) is 0 Å². The molecule has 0 saturated carbocycles. The van der Waals surface area contributed by atoms with Gasteiger partial charge in [0, 0.05) is 12.1 Å². The van der Waals surface area contributed by atoms with E-state index in [1.807, 2.05) is 24.3 Å². The van der Waals surface area contributed by atoms with Gasteiger partial charge in [0.2, 0.25) is 0 Å². The molecule has 100 valence electrons. The minimum Gasteiger partial charge on any atom is -0.492 e. The predicted octanol–water partition coefficient (Wildman–Crippen LogP) is 1.07. The largest absolute Gasteiger partial charge is 0.492 e. The third kappa shape index (κ3) is 2.45. The Kier molecular flexibility index (Phi) is 3.43. The summed E-state index contributed by atoms with van der Waals surface area (Å²) in [7, 11) is 0. The molecule has 19 heavy (non-hydrogen) atoms. The second-order valence-electron chi connectivity index (χ2n) is 4.29. The van der Waals surface area contributed by atoms with Gasteiger partial charge in [0.15, 0.2) is 5.82 Å². The average molecular weight is 261 g/mol. The molecule has 1 atom stereocenters. The van der Waals surface area contributed by atoms with Gasteiger partial charge < -0.3 is 19.7 Å². The second-order valence-corrected chi connectivity index (χ2v) is 4.29. The van der Waals surface area contributed by atoms with Crippen molar-refractivity contribution in [1.29, 1.82) is 0 Å². The Balaban J connectivity index is 1.74. The van der Waals surface area contributed by atoms with Crippen molar-refractivity contribution in [3.05, 3.63) is 41.5 Å². The molecular formula is C13H15N3O3. The minimum absolute atomic E-state index is 0.0307. The van der Waals surface area contributed by atoms with Crippen LogP contribution in [0.25, 0.3) is 0 Å². The molecule has 3 rings (SSSR count). The Morgan fingerprint density at radius 2 is 2.26 bits per heavy atom. The van der Waals surface area contributed by atoms with Crippen LogP contribution >= 0.6 is 0 Å². The first-order chi connectivity index (χ1) is 9.38. The molecule has 2 heterocycles. The van der Waals surface area contributed by atoms with E-state index in [0.29, 0.717) is 38.1 Å². The lowest BCUT2D eigenvalue weighted by Gasteiger charge is -2.01. The van der Waals surface area contributed by atoms with Crippen molar-refractivity contribution in [3.63, 3.8) is 0 Å². The Morgan fingerprint density at radius 3 is 3.16 bits per heavy atom. The molecular weight excluding hydrogens is 246 g/mol. The Hall–Kier alpha value is -1.92. The van der Waals surface area contributed by atoms with Gasteiger partial charge in [-0.15, -0.1) is 0 Å². The van der Waals surface area contributed by atoms with E-state index in [4.69, 9.17) is 19.7 Å². The summed E-state index contributed by atoms with van der Waals surface area (Å²) in [5, 5.41) is 4.00. The highest BCUT2D eigenvalue weighted by Crippen LogP contribution is 2.36. The Labute approximate surface area is 110 Å². The van der Waals surface area contributed by atoms with Gasteiger partial charge >= 0.3 is 0 Å². The van der Waals surface area contributed by atoms with E-state index in [0.717, 1.165) is 11.3 Å². The molecule has 0 spiro atoms. The first kappa shape index (κ1) is 12.1. The monoisotopic (exact) mass is 261 g/mol. The molecule has 2 aromatic rings. The number of nitrogens with two attached hydrogens (primary N) is 1. The molecule has 6 nitrogen and oxygen atoms in total. The first-order valence-corrected chi connectivity index (χ1v) is 6.20. The molecule has 0 bridgehead atoms. The van der Waals surface area contributed by atoms with Crippen molar-refractivity contribution in [2.75, 3.05) is 19.8 Å². The van der Waals surface area contributed by atoms with Crippen molar-refractivity contribution in [2.45, 2.75) is 12.5 Å². The van der Waals surface area contributed by atoms with Crippen molar-refractivity contribution < 1.29 is 14.0 Å². The SMILES string of the molecule is NCCOCc1nc(C2COc3ccccc32)no1. The number of benzene rings is 1. The molecule has 0 amide bonds. The van der Waals surface area contributed by atoms with E-state index in [1.165, 1.54) is 0 Å². The summed E-state index contributed by atoms with van der Waals surface area (Å²) < 4.78 is 16.0. The number of para-hydroxylation sites is 1. The van der Waals surface area contributed by atoms with Crippen LogP contribution < -0.4 is 10.5 Å². The number of fused-ring (bicyclic) bond motifs is 1. The van der Waals surface area contributed by atoms with Crippen LogP contribution in [0.1, 0.15) is 23.2 Å². The first-order valence-electron chi connectivity index (χ1n) is 6.20. The lowest BCUT2D eigenvalue weighted by Crippen LogP contribution is -2.08. The fourth-order valence-electron chi connectivity index (χ4n) is 2.09. The van der Waals surface area contributed by atoms with E-state index in [-0.39, 0.29) is 5.92 Å². The summed E-state index contributed by atoms with van der Waals surface area (Å²) in [5.74, 6) is 2.02. The van der Waals surface area contributed by atoms with Crippen LogP contribution in [-0.4, -0.2) is 29.9 Å². The summed E-state index contributed by atoms with van der Waals surface area (Å²) in [4.78, 5) is 4.34. The van der Waals surface area contributed by atoms with E-state index in [2.05, 4.69) is 10.1 Å². The average Bonchev–Trinajstić information content (AvgIpc) is 3.05. The third-order valence-corrected chi connectivity index (χ3v) is 2.98. The van der Waals surface area contributed by atoms with Crippen LogP contribution in [0.2, 0.25) is 0 Å². The lowest BCUT2D eigenvalue weighted by molar-refractivity contribution is 0.104. The molecule has 1 unspecified atom stereocenters. The number of hydrogen-bond donors (Lipinski definition) is 1. The van der Waals surface area contributed by atoms with Crippen LogP contribution in [-0.2, 0) is 11.3 Å². The van der Waals surface area contributed by atoms with Gasteiger partial charge in [0.25, 0.3) is 5.89 Å². The van der Waals surface area contributed by atoms with Crippen LogP contribution in [0.5, 0.6) is 5.75 Å². The second kappa shape index (κ2) is 5.38. The minimum atomic E-state index is 0.0307. The highest BCUT2D eigenvalue weighted by molar-refractivity contribution is 5.42. The molecule has 2 N–H and O–H groups in total. The van der Waals surface area contributed by atoms with Crippen molar-refractivity contribution in [3.8, 4) is 5.75 Å². The summed E-state index contributed by atoms with van der Waals surface area (Å²) >= 11 is 0. The van der Waals surface area contributed by atoms with Gasteiger partial charge in [0.1, 0.15) is 19.0 Å². The smallest absolute Gasteiger partial charge is 0.252 e. The molecule has 1 aromatic heterocycles. The molecule has 0 aliphatic carbocycles. The highest BCUT2D eigenvalue weighted by atomic mass is 16.5. The maximum Gasteiger partial charge on any atom is 0.252 e. The molecule has 6 heteroatoms. The van der Waals surface area contributed by atoms with E-state index in [1.54, 1.807) is 0 Å². The maximum atomic E-state index is 5.60. The quantitative estimate of drug-likeness (QED) is 0.810. The van der Waals surface area contributed by atoms with Crippen molar-refractivity contribution in [1.82, 2.24) is 10.1 Å². The molecule has 0 radical (unpaired) electrons. The number of hydrogen-bond acceptors (Lipinski definition) is 6. The van der Waals surface area contributed by atoms with E-state index >= 15 is 0 Å². The highest BCUT2D eigenvalue weighted by Gasteiger charge is 2.29. The predicted molar refractivity (Wildman–Crippen MR) is 66.8 cm³/mol. The van der Waals surface area contributed by atoms with Gasteiger partial charge in [-0.25, -0.2) is 0 Å². The van der Waals surface area contributed by atoms with Gasteiger partial charge in [-0.05, 0) is 6.07 Å². The molecule has 1 aromatic carbocycles. The Bertz CT molecular complexity index is 556. The Morgan fingerprint density at radius 1 is 1.37 bits per heavy atom. The normalized spacial score (nSPS) is 17.2. The summed E-state index contributed by atoms with van der Waals surface area (Å²) in [6, 6.07) is 7.89. The zero-order chi connectivity index (χ0) is 13.1. The zero-order valence-corrected chi connectivity index (χ0v) is 10.4. The van der Waals surface area contributed by atoms with Gasteiger partial charge in [-0.3, -0.25) is 0 Å².